The van der Waals surface area contributed by atoms with Crippen molar-refractivity contribution < 1.29 is 4.74 Å². The van der Waals surface area contributed by atoms with Crippen molar-refractivity contribution in [3.8, 4) is 5.69 Å². The van der Waals surface area contributed by atoms with Crippen molar-refractivity contribution in [1.29, 1.82) is 0 Å². The Morgan fingerprint density at radius 3 is 2.63 bits per heavy atom. The van der Waals surface area contributed by atoms with E-state index in [1.165, 1.54) is 11.1 Å². The maximum atomic E-state index is 14.0. The second-order valence-corrected chi connectivity index (χ2v) is 18.3. The molecule has 3 heterocycles. The average molecular weight is 531 g/mol. The molecule has 9 heteroatoms. The fourth-order valence-electron chi connectivity index (χ4n) is 6.09. The number of nitrogens with zero attached hydrogens (tertiary/aromatic N) is 6. The summed E-state index contributed by atoms with van der Waals surface area (Å²) < 4.78 is 11.6. The lowest BCUT2D eigenvalue weighted by molar-refractivity contribution is 0.0815. The molecule has 2 aliphatic rings. The Morgan fingerprint density at radius 2 is 1.97 bits per heavy atom. The monoisotopic (exact) mass is 530 g/mol. The zero-order chi connectivity index (χ0) is 26.7. The fraction of sp³-hybridized carbons (Fsp3) is 0.517. The van der Waals surface area contributed by atoms with Gasteiger partial charge in [0.15, 0.2) is 0 Å². The van der Waals surface area contributed by atoms with Crippen molar-refractivity contribution in [2.75, 3.05) is 6.61 Å². The number of benzene rings is 1. The molecule has 4 aromatic rings. The summed E-state index contributed by atoms with van der Waals surface area (Å²) in [7, 11) is 0.821. The summed E-state index contributed by atoms with van der Waals surface area (Å²) in [4.78, 5) is 14.0. The van der Waals surface area contributed by atoms with Gasteiger partial charge in [0.2, 0.25) is 0 Å². The molecule has 0 amide bonds. The first-order valence-corrected chi connectivity index (χ1v) is 17.5. The van der Waals surface area contributed by atoms with Crippen molar-refractivity contribution in [3.63, 3.8) is 0 Å². The van der Waals surface area contributed by atoms with Gasteiger partial charge in [-0.2, -0.15) is 5.10 Å². The minimum Gasteiger partial charge on any atom is -0.360 e. The van der Waals surface area contributed by atoms with E-state index in [9.17, 15) is 4.79 Å². The van der Waals surface area contributed by atoms with Crippen molar-refractivity contribution in [1.82, 2.24) is 29.1 Å². The number of rotatable bonds is 9. The first kappa shape index (κ1) is 25.2. The number of aryl methyl sites for hydroxylation is 1. The van der Waals surface area contributed by atoms with Crippen molar-refractivity contribution in [2.45, 2.75) is 76.4 Å². The molecule has 2 saturated carbocycles. The summed E-state index contributed by atoms with van der Waals surface area (Å²) in [5.41, 5.74) is 3.67. The molecule has 0 saturated heterocycles. The van der Waals surface area contributed by atoms with E-state index in [0.717, 1.165) is 48.6 Å². The highest BCUT2D eigenvalue weighted by atomic mass is 28.3. The molecule has 2 fully saturated rings. The van der Waals surface area contributed by atoms with Crippen LogP contribution in [0.5, 0.6) is 0 Å². The van der Waals surface area contributed by atoms with Gasteiger partial charge in [0.1, 0.15) is 24.4 Å². The average Bonchev–Trinajstić information content (AvgIpc) is 3.47. The van der Waals surface area contributed by atoms with Gasteiger partial charge in [0, 0.05) is 39.0 Å². The van der Waals surface area contributed by atoms with Gasteiger partial charge in [-0.3, -0.25) is 9.36 Å². The molecule has 2 aliphatic carbocycles. The van der Waals surface area contributed by atoms with E-state index in [2.05, 4.69) is 66.3 Å². The molecule has 0 radical (unpaired) electrons. The molecule has 1 aromatic carbocycles. The quantitative estimate of drug-likeness (QED) is 0.219. The standard InChI is InChI=1S/C29H38N6O2Si/c1-20-14-29(15-20,28-32-30-18-33(28)2)22-7-6-8-23(13-22)34-17-25(21-9-10-21)24-16-31-35(26(24)27(34)36)19-37-11-12-38(3,4)5/h6-8,13,16-18,20-21H,9-12,14-15,19H2,1-5H3. The van der Waals surface area contributed by atoms with Crippen LogP contribution in [0, 0.1) is 5.92 Å². The minimum absolute atomic E-state index is 0.0532. The largest absolute Gasteiger partial charge is 0.360 e. The second-order valence-electron chi connectivity index (χ2n) is 12.7. The lowest BCUT2D eigenvalue weighted by Gasteiger charge is -2.46. The highest BCUT2D eigenvalue weighted by Crippen LogP contribution is 2.51. The summed E-state index contributed by atoms with van der Waals surface area (Å²) in [6.07, 6.45) is 10.0. The van der Waals surface area contributed by atoms with E-state index < -0.39 is 8.07 Å². The predicted octanol–water partition coefficient (Wildman–Crippen LogP) is 5.22. The molecule has 0 spiro atoms. The summed E-state index contributed by atoms with van der Waals surface area (Å²) in [6.45, 7) is 10.3. The number of ether oxygens (including phenoxy) is 1. The predicted molar refractivity (Wildman–Crippen MR) is 152 cm³/mol. The third-order valence-electron chi connectivity index (χ3n) is 8.28. The molecule has 0 unspecified atom stereocenters. The SMILES string of the molecule is CC1CC(c2cccc(-n3cc(C4CC4)c4cnn(COCC[Si](C)(C)C)c4c3=O)c2)(c2nncn2C)C1. The van der Waals surface area contributed by atoms with Crippen LogP contribution in [0.4, 0.5) is 0 Å². The van der Waals surface area contributed by atoms with Crippen LogP contribution in [0.1, 0.15) is 55.5 Å². The molecular weight excluding hydrogens is 492 g/mol. The van der Waals surface area contributed by atoms with Gasteiger partial charge in [-0.1, -0.05) is 38.7 Å². The number of aromatic nitrogens is 6. The van der Waals surface area contributed by atoms with Gasteiger partial charge >= 0.3 is 0 Å². The lowest BCUT2D eigenvalue weighted by Crippen LogP contribution is -2.43. The summed E-state index contributed by atoms with van der Waals surface area (Å²) >= 11 is 0. The van der Waals surface area contributed by atoms with Crippen molar-refractivity contribution in [2.24, 2.45) is 13.0 Å². The number of fused-ring (bicyclic) bond motifs is 1. The Labute approximate surface area is 224 Å². The zero-order valence-corrected chi connectivity index (χ0v) is 24.1. The first-order chi connectivity index (χ1) is 18.2. The number of pyridine rings is 1. The molecule has 8 nitrogen and oxygen atoms in total. The van der Waals surface area contributed by atoms with Gasteiger partial charge in [0.25, 0.3) is 5.56 Å². The second kappa shape index (κ2) is 9.31. The Bertz CT molecular complexity index is 1530. The van der Waals surface area contributed by atoms with Crippen LogP contribution in [0.15, 0.2) is 47.8 Å². The van der Waals surface area contributed by atoms with Gasteiger partial charge in [-0.25, -0.2) is 4.68 Å². The molecule has 0 atom stereocenters. The van der Waals surface area contributed by atoms with E-state index in [-0.39, 0.29) is 11.0 Å². The Hall–Kier alpha value is -3.04. The summed E-state index contributed by atoms with van der Waals surface area (Å²) in [5.74, 6) is 2.09. The van der Waals surface area contributed by atoms with Crippen molar-refractivity contribution in [3.05, 3.63) is 70.3 Å². The molecular formula is C29H38N6O2Si. The first-order valence-electron chi connectivity index (χ1n) is 13.8. The molecule has 0 bridgehead atoms. The van der Waals surface area contributed by atoms with Gasteiger partial charge < -0.3 is 9.30 Å². The van der Waals surface area contributed by atoms with Crippen LogP contribution in [0.25, 0.3) is 16.6 Å². The van der Waals surface area contributed by atoms with Gasteiger partial charge in [0.05, 0.1) is 11.6 Å². The summed E-state index contributed by atoms with van der Waals surface area (Å²) in [6, 6.07) is 9.53. The highest BCUT2D eigenvalue weighted by Gasteiger charge is 2.48. The van der Waals surface area contributed by atoms with Crippen LogP contribution in [-0.2, 0) is 23.9 Å². The van der Waals surface area contributed by atoms with Crippen LogP contribution in [0.3, 0.4) is 0 Å². The maximum Gasteiger partial charge on any atom is 0.281 e. The minimum atomic E-state index is -1.19. The van der Waals surface area contributed by atoms with E-state index in [0.29, 0.717) is 30.7 Å². The lowest BCUT2D eigenvalue weighted by atomic mass is 9.58. The smallest absolute Gasteiger partial charge is 0.281 e. The Kier molecular flexibility index (Phi) is 6.18. The van der Waals surface area contributed by atoms with Crippen molar-refractivity contribution >= 4 is 19.0 Å². The zero-order valence-electron chi connectivity index (χ0n) is 23.1. The van der Waals surface area contributed by atoms with Gasteiger partial charge in [-0.05, 0) is 66.8 Å². The van der Waals surface area contributed by atoms with Crippen LogP contribution < -0.4 is 5.56 Å². The van der Waals surface area contributed by atoms with Crippen LogP contribution in [0.2, 0.25) is 25.7 Å². The highest BCUT2D eigenvalue weighted by molar-refractivity contribution is 6.76. The number of hydrogen-bond acceptors (Lipinski definition) is 5. The molecule has 0 N–H and O–H groups in total. The third kappa shape index (κ3) is 4.45. The summed E-state index contributed by atoms with van der Waals surface area (Å²) in [5, 5.41) is 14.2. The van der Waals surface area contributed by atoms with Crippen LogP contribution >= 0.6 is 0 Å². The van der Waals surface area contributed by atoms with Gasteiger partial charge in [-0.15, -0.1) is 10.2 Å². The topological polar surface area (TPSA) is 79.8 Å². The Morgan fingerprint density at radius 1 is 1.18 bits per heavy atom. The van der Waals surface area contributed by atoms with E-state index in [1.54, 1.807) is 11.0 Å². The van der Waals surface area contributed by atoms with Crippen LogP contribution in [-0.4, -0.2) is 43.8 Å². The number of hydrogen-bond donors (Lipinski definition) is 0. The molecule has 6 rings (SSSR count). The maximum absolute atomic E-state index is 14.0. The van der Waals surface area contributed by atoms with E-state index in [1.807, 2.05) is 28.4 Å². The third-order valence-corrected chi connectivity index (χ3v) is 9.98. The van der Waals surface area contributed by atoms with E-state index in [4.69, 9.17) is 4.74 Å². The molecule has 200 valence electrons. The van der Waals surface area contributed by atoms with E-state index >= 15 is 0 Å². The molecule has 38 heavy (non-hydrogen) atoms. The fourth-order valence-corrected chi connectivity index (χ4v) is 6.85. The Balaban J connectivity index is 1.41. The molecule has 0 aliphatic heterocycles. The normalized spacial score (nSPS) is 21.7. The molecule has 3 aromatic heterocycles.